The van der Waals surface area contributed by atoms with Crippen molar-refractivity contribution < 1.29 is 9.59 Å². The highest BCUT2D eigenvalue weighted by Gasteiger charge is 2.26. The average Bonchev–Trinajstić information content (AvgIpc) is 2.74. The second-order valence-electron chi connectivity index (χ2n) is 7.26. The Kier molecular flexibility index (Phi) is 10.2. The number of nitrogens with zero attached hydrogens (tertiary/aromatic N) is 1. The molecule has 2 aromatic rings. The van der Waals surface area contributed by atoms with Crippen LogP contribution in [0.5, 0.6) is 0 Å². The molecule has 2 amide bonds. The molecule has 0 aromatic heterocycles. The Hall–Kier alpha value is -1.50. The first-order valence-electron chi connectivity index (χ1n) is 9.96. The summed E-state index contributed by atoms with van der Waals surface area (Å²) >= 11 is 10.9. The molecule has 0 spiro atoms. The number of thioether (sulfide) groups is 1. The SMILES string of the molecule is CC[C@H](C)NC(=O)[C@H](C)N(Cc1ccc(Br)cc1)C(=O)CSCc1ccc(Cl)cc1. The van der Waals surface area contributed by atoms with Crippen LogP contribution in [0.4, 0.5) is 0 Å². The number of rotatable bonds is 10. The largest absolute Gasteiger partial charge is 0.352 e. The Bertz CT molecular complexity index is 830. The number of amides is 2. The van der Waals surface area contributed by atoms with Crippen molar-refractivity contribution in [2.24, 2.45) is 0 Å². The van der Waals surface area contributed by atoms with Crippen LogP contribution < -0.4 is 5.32 Å². The van der Waals surface area contributed by atoms with Gasteiger partial charge in [-0.15, -0.1) is 11.8 Å². The lowest BCUT2D eigenvalue weighted by Gasteiger charge is -2.29. The molecule has 1 N–H and O–H groups in total. The third-order valence-electron chi connectivity index (χ3n) is 4.84. The highest BCUT2D eigenvalue weighted by Crippen LogP contribution is 2.18. The minimum Gasteiger partial charge on any atom is -0.352 e. The number of carbonyl (C=O) groups excluding carboxylic acids is 2. The highest BCUT2D eigenvalue weighted by molar-refractivity contribution is 9.10. The molecule has 4 nitrogen and oxygen atoms in total. The topological polar surface area (TPSA) is 49.4 Å². The van der Waals surface area contributed by atoms with E-state index in [4.69, 9.17) is 11.6 Å². The summed E-state index contributed by atoms with van der Waals surface area (Å²) in [5, 5.41) is 3.68. The molecule has 0 aliphatic rings. The quantitative estimate of drug-likeness (QED) is 0.447. The van der Waals surface area contributed by atoms with E-state index in [2.05, 4.69) is 21.2 Å². The summed E-state index contributed by atoms with van der Waals surface area (Å²) in [7, 11) is 0. The summed E-state index contributed by atoms with van der Waals surface area (Å²) in [5.74, 6) is 0.837. The smallest absolute Gasteiger partial charge is 0.242 e. The molecule has 0 radical (unpaired) electrons. The summed E-state index contributed by atoms with van der Waals surface area (Å²) in [6, 6.07) is 14.9. The van der Waals surface area contributed by atoms with Crippen LogP contribution in [-0.4, -0.2) is 34.6 Å². The van der Waals surface area contributed by atoms with Gasteiger partial charge in [0, 0.05) is 27.8 Å². The Labute approximate surface area is 196 Å². The van der Waals surface area contributed by atoms with Crippen LogP contribution in [0.3, 0.4) is 0 Å². The van der Waals surface area contributed by atoms with Crippen LogP contribution >= 0.6 is 39.3 Å². The third-order valence-corrected chi connectivity index (χ3v) is 6.61. The first-order valence-corrected chi connectivity index (χ1v) is 12.3. The highest BCUT2D eigenvalue weighted by atomic mass is 79.9. The van der Waals surface area contributed by atoms with Gasteiger partial charge >= 0.3 is 0 Å². The van der Waals surface area contributed by atoms with Crippen molar-refractivity contribution in [2.75, 3.05) is 5.75 Å². The van der Waals surface area contributed by atoms with E-state index in [0.29, 0.717) is 23.1 Å². The van der Waals surface area contributed by atoms with E-state index in [1.807, 2.05) is 62.4 Å². The number of hydrogen-bond acceptors (Lipinski definition) is 3. The Morgan fingerprint density at radius 3 is 2.27 bits per heavy atom. The molecular formula is C23H28BrClN2O2S. The first-order chi connectivity index (χ1) is 14.3. The molecule has 7 heteroatoms. The van der Waals surface area contributed by atoms with Gasteiger partial charge in [0.15, 0.2) is 0 Å². The maximum absolute atomic E-state index is 13.1. The molecule has 30 heavy (non-hydrogen) atoms. The van der Waals surface area contributed by atoms with Gasteiger partial charge in [-0.1, -0.05) is 58.7 Å². The number of halogens is 2. The van der Waals surface area contributed by atoms with E-state index in [-0.39, 0.29) is 17.9 Å². The number of carbonyl (C=O) groups is 2. The van der Waals surface area contributed by atoms with Crippen molar-refractivity contribution >= 4 is 51.1 Å². The predicted molar refractivity (Wildman–Crippen MR) is 130 cm³/mol. The molecule has 2 atom stereocenters. The van der Waals surface area contributed by atoms with E-state index < -0.39 is 6.04 Å². The fourth-order valence-corrected chi connectivity index (χ4v) is 4.02. The minimum absolute atomic E-state index is 0.0521. The van der Waals surface area contributed by atoms with Crippen LogP contribution in [0.25, 0.3) is 0 Å². The Morgan fingerprint density at radius 2 is 1.67 bits per heavy atom. The molecule has 0 aliphatic heterocycles. The molecule has 0 heterocycles. The second-order valence-corrected chi connectivity index (χ2v) is 9.60. The van der Waals surface area contributed by atoms with E-state index in [9.17, 15) is 9.59 Å². The summed E-state index contributed by atoms with van der Waals surface area (Å²) in [6.45, 7) is 6.17. The summed E-state index contributed by atoms with van der Waals surface area (Å²) in [6.07, 6.45) is 0.843. The lowest BCUT2D eigenvalue weighted by molar-refractivity contribution is -0.138. The molecule has 0 aliphatic carbocycles. The molecule has 0 unspecified atom stereocenters. The molecule has 0 saturated heterocycles. The molecule has 0 saturated carbocycles. The fraction of sp³-hybridized carbons (Fsp3) is 0.391. The van der Waals surface area contributed by atoms with Crippen LogP contribution in [0.2, 0.25) is 5.02 Å². The zero-order chi connectivity index (χ0) is 22.1. The zero-order valence-electron chi connectivity index (χ0n) is 17.5. The van der Waals surface area contributed by atoms with Gasteiger partial charge in [0.05, 0.1) is 5.75 Å². The molecule has 0 bridgehead atoms. The fourth-order valence-electron chi connectivity index (χ4n) is 2.75. The van der Waals surface area contributed by atoms with E-state index in [0.717, 1.165) is 22.0 Å². The Balaban J connectivity index is 2.06. The predicted octanol–water partition coefficient (Wildman–Crippen LogP) is 5.67. The average molecular weight is 512 g/mol. The standard InChI is InChI=1S/C23H28BrClN2O2S/c1-4-16(2)26-23(29)17(3)27(13-18-5-9-20(24)10-6-18)22(28)15-30-14-19-7-11-21(25)12-8-19/h5-12,16-17H,4,13-15H2,1-3H3,(H,26,29)/t16-,17-/m0/s1. The maximum Gasteiger partial charge on any atom is 0.242 e. The summed E-state index contributed by atoms with van der Waals surface area (Å²) in [5.41, 5.74) is 2.09. The first kappa shape index (κ1) is 24.8. The van der Waals surface area contributed by atoms with Crippen molar-refractivity contribution in [3.05, 3.63) is 69.2 Å². The van der Waals surface area contributed by atoms with E-state index in [1.165, 1.54) is 11.8 Å². The van der Waals surface area contributed by atoms with Crippen molar-refractivity contribution in [2.45, 2.75) is 51.6 Å². The normalized spacial score (nSPS) is 12.8. The van der Waals surface area contributed by atoms with Crippen molar-refractivity contribution in [3.8, 4) is 0 Å². The monoisotopic (exact) mass is 510 g/mol. The van der Waals surface area contributed by atoms with Gasteiger partial charge in [-0.25, -0.2) is 0 Å². The lowest BCUT2D eigenvalue weighted by atomic mass is 10.1. The van der Waals surface area contributed by atoms with Crippen molar-refractivity contribution in [3.63, 3.8) is 0 Å². The van der Waals surface area contributed by atoms with Gasteiger partial charge < -0.3 is 10.2 Å². The van der Waals surface area contributed by atoms with Gasteiger partial charge in [-0.05, 0) is 55.7 Å². The van der Waals surface area contributed by atoms with E-state index in [1.54, 1.807) is 11.8 Å². The van der Waals surface area contributed by atoms with Gasteiger partial charge in [0.25, 0.3) is 0 Å². The third kappa shape index (κ3) is 7.97. The van der Waals surface area contributed by atoms with Crippen LogP contribution in [0, 0.1) is 0 Å². The van der Waals surface area contributed by atoms with Crippen molar-refractivity contribution in [1.82, 2.24) is 10.2 Å². The van der Waals surface area contributed by atoms with Gasteiger partial charge in [0.1, 0.15) is 6.04 Å². The Morgan fingerprint density at radius 1 is 1.07 bits per heavy atom. The van der Waals surface area contributed by atoms with Gasteiger partial charge in [-0.2, -0.15) is 0 Å². The molecule has 2 rings (SSSR count). The number of hydrogen-bond donors (Lipinski definition) is 1. The maximum atomic E-state index is 13.1. The molecule has 2 aromatic carbocycles. The lowest BCUT2D eigenvalue weighted by Crippen LogP contribution is -2.50. The van der Waals surface area contributed by atoms with Crippen LogP contribution in [0.15, 0.2) is 53.0 Å². The van der Waals surface area contributed by atoms with E-state index >= 15 is 0 Å². The molecule has 162 valence electrons. The minimum atomic E-state index is -0.550. The number of benzene rings is 2. The summed E-state index contributed by atoms with van der Waals surface area (Å²) in [4.78, 5) is 27.4. The van der Waals surface area contributed by atoms with Gasteiger partial charge in [-0.3, -0.25) is 9.59 Å². The van der Waals surface area contributed by atoms with Gasteiger partial charge in [0.2, 0.25) is 11.8 Å². The van der Waals surface area contributed by atoms with Crippen LogP contribution in [-0.2, 0) is 21.9 Å². The zero-order valence-corrected chi connectivity index (χ0v) is 20.7. The molecule has 0 fully saturated rings. The second kappa shape index (κ2) is 12.4. The molecular weight excluding hydrogens is 484 g/mol. The summed E-state index contributed by atoms with van der Waals surface area (Å²) < 4.78 is 0.977. The number of nitrogens with one attached hydrogen (secondary N) is 1. The van der Waals surface area contributed by atoms with Crippen LogP contribution in [0.1, 0.15) is 38.3 Å². The van der Waals surface area contributed by atoms with Crippen molar-refractivity contribution in [1.29, 1.82) is 0 Å².